The van der Waals surface area contributed by atoms with E-state index in [0.717, 1.165) is 15.9 Å². The van der Waals surface area contributed by atoms with E-state index in [9.17, 15) is 9.90 Å². The first-order valence-electron chi connectivity index (χ1n) is 6.79. The second-order valence-electron chi connectivity index (χ2n) is 5.13. The van der Waals surface area contributed by atoms with Gasteiger partial charge in [0.1, 0.15) is 0 Å². The van der Waals surface area contributed by atoms with Crippen LogP contribution in [-0.2, 0) is 6.54 Å². The summed E-state index contributed by atoms with van der Waals surface area (Å²) in [5.41, 5.74) is 3.51. The fraction of sp³-hybridized carbons (Fsp3) is 0.188. The topological polar surface area (TPSA) is 68.0 Å². The molecule has 0 aliphatic heterocycles. The summed E-state index contributed by atoms with van der Waals surface area (Å²) in [5, 5.41) is 14.5. The van der Waals surface area contributed by atoms with Crippen LogP contribution in [0.5, 0.6) is 0 Å². The fourth-order valence-electron chi connectivity index (χ4n) is 2.47. The van der Waals surface area contributed by atoms with Crippen LogP contribution in [0.1, 0.15) is 27.4 Å². The van der Waals surface area contributed by atoms with E-state index in [1.807, 2.05) is 36.7 Å². The maximum absolute atomic E-state index is 11.5. The number of halogens is 1. The average molecular weight is 360 g/mol. The number of aromatic nitrogens is 3. The molecule has 0 aliphatic rings. The molecule has 0 bridgehead atoms. The zero-order valence-electron chi connectivity index (χ0n) is 12.2. The average Bonchev–Trinajstić information content (AvgIpc) is 2.73. The van der Waals surface area contributed by atoms with Gasteiger partial charge in [-0.3, -0.25) is 9.67 Å². The standard InChI is InChI=1S/C16H14BrN3O2/c1-9-15(17)10(2)20(19-9)8-11-7-13(16(21)22)12-5-3-4-6-14(12)18-11/h3-7H,8H2,1-2H3,(H,21,22). The highest BCUT2D eigenvalue weighted by molar-refractivity contribution is 9.10. The number of hydrogen-bond acceptors (Lipinski definition) is 3. The molecule has 0 amide bonds. The highest BCUT2D eigenvalue weighted by Crippen LogP contribution is 2.22. The van der Waals surface area contributed by atoms with E-state index in [4.69, 9.17) is 0 Å². The van der Waals surface area contributed by atoms with Crippen LogP contribution in [-0.4, -0.2) is 25.8 Å². The third kappa shape index (κ3) is 2.50. The van der Waals surface area contributed by atoms with Gasteiger partial charge in [0.25, 0.3) is 0 Å². The summed E-state index contributed by atoms with van der Waals surface area (Å²) < 4.78 is 2.79. The monoisotopic (exact) mass is 359 g/mol. The number of aromatic carboxylic acids is 1. The maximum Gasteiger partial charge on any atom is 0.336 e. The minimum absolute atomic E-state index is 0.265. The quantitative estimate of drug-likeness (QED) is 0.776. The molecule has 22 heavy (non-hydrogen) atoms. The molecule has 1 aromatic carbocycles. The van der Waals surface area contributed by atoms with Crippen LogP contribution >= 0.6 is 15.9 Å². The largest absolute Gasteiger partial charge is 0.478 e. The zero-order valence-corrected chi connectivity index (χ0v) is 13.8. The Kier molecular flexibility index (Phi) is 3.70. The van der Waals surface area contributed by atoms with Crippen molar-refractivity contribution in [2.24, 2.45) is 0 Å². The molecule has 5 nitrogen and oxygen atoms in total. The van der Waals surface area contributed by atoms with Crippen LogP contribution in [0.2, 0.25) is 0 Å². The van der Waals surface area contributed by atoms with Crippen LogP contribution in [0, 0.1) is 13.8 Å². The smallest absolute Gasteiger partial charge is 0.336 e. The Balaban J connectivity index is 2.11. The molecule has 0 spiro atoms. The molecule has 0 aliphatic carbocycles. The highest BCUT2D eigenvalue weighted by atomic mass is 79.9. The van der Waals surface area contributed by atoms with Gasteiger partial charge >= 0.3 is 5.97 Å². The van der Waals surface area contributed by atoms with Gasteiger partial charge in [0.2, 0.25) is 0 Å². The summed E-state index contributed by atoms with van der Waals surface area (Å²) in [4.78, 5) is 16.0. The zero-order chi connectivity index (χ0) is 15.9. The lowest BCUT2D eigenvalue weighted by atomic mass is 10.1. The van der Waals surface area contributed by atoms with Crippen molar-refractivity contribution < 1.29 is 9.90 Å². The normalized spacial score (nSPS) is 11.0. The molecule has 1 N–H and O–H groups in total. The molecular formula is C16H14BrN3O2. The van der Waals surface area contributed by atoms with Crippen molar-refractivity contribution in [3.05, 3.63) is 57.4 Å². The molecule has 3 aromatic rings. The van der Waals surface area contributed by atoms with Gasteiger partial charge in [-0.15, -0.1) is 0 Å². The first-order chi connectivity index (χ1) is 10.5. The second kappa shape index (κ2) is 5.53. The van der Waals surface area contributed by atoms with Crippen molar-refractivity contribution in [3.63, 3.8) is 0 Å². The summed E-state index contributed by atoms with van der Waals surface area (Å²) in [5.74, 6) is -0.950. The first kappa shape index (κ1) is 14.7. The van der Waals surface area contributed by atoms with Gasteiger partial charge in [-0.2, -0.15) is 5.10 Å². The summed E-state index contributed by atoms with van der Waals surface area (Å²) in [7, 11) is 0. The summed E-state index contributed by atoms with van der Waals surface area (Å²) >= 11 is 3.49. The molecule has 2 heterocycles. The third-order valence-electron chi connectivity index (χ3n) is 3.60. The summed E-state index contributed by atoms with van der Waals surface area (Å²) in [6, 6.07) is 8.88. The number of carboxylic acid groups (broad SMARTS) is 1. The number of pyridine rings is 1. The Bertz CT molecular complexity index is 886. The lowest BCUT2D eigenvalue weighted by Gasteiger charge is -2.08. The molecule has 112 valence electrons. The summed E-state index contributed by atoms with van der Waals surface area (Å²) in [6.07, 6.45) is 0. The van der Waals surface area contributed by atoms with Crippen molar-refractivity contribution in [2.75, 3.05) is 0 Å². The van der Waals surface area contributed by atoms with Crippen LogP contribution in [0.25, 0.3) is 10.9 Å². The van der Waals surface area contributed by atoms with E-state index < -0.39 is 5.97 Å². The van der Waals surface area contributed by atoms with Crippen LogP contribution < -0.4 is 0 Å². The lowest BCUT2D eigenvalue weighted by molar-refractivity contribution is 0.0699. The number of carbonyl (C=O) groups is 1. The number of aryl methyl sites for hydroxylation is 1. The number of benzene rings is 1. The van der Waals surface area contributed by atoms with E-state index >= 15 is 0 Å². The predicted octanol–water partition coefficient (Wildman–Crippen LogP) is 3.56. The van der Waals surface area contributed by atoms with Gasteiger partial charge in [-0.1, -0.05) is 18.2 Å². The van der Waals surface area contributed by atoms with Crippen molar-refractivity contribution in [3.8, 4) is 0 Å². The van der Waals surface area contributed by atoms with E-state index in [2.05, 4.69) is 26.0 Å². The number of hydrogen-bond donors (Lipinski definition) is 1. The molecule has 6 heteroatoms. The van der Waals surface area contributed by atoms with E-state index in [0.29, 0.717) is 23.1 Å². The number of carboxylic acids is 1. The maximum atomic E-state index is 11.5. The summed E-state index contributed by atoms with van der Waals surface area (Å²) in [6.45, 7) is 4.32. The Hall–Kier alpha value is -2.21. The first-order valence-corrected chi connectivity index (χ1v) is 7.58. The van der Waals surface area contributed by atoms with Crippen LogP contribution in [0.4, 0.5) is 0 Å². The molecule has 0 saturated carbocycles. The predicted molar refractivity (Wildman–Crippen MR) is 87.2 cm³/mol. The van der Waals surface area contributed by atoms with Gasteiger partial charge in [-0.05, 0) is 41.9 Å². The Morgan fingerprint density at radius 3 is 2.68 bits per heavy atom. The number of fused-ring (bicyclic) bond motifs is 1. The third-order valence-corrected chi connectivity index (χ3v) is 4.75. The van der Waals surface area contributed by atoms with Gasteiger partial charge in [0.15, 0.2) is 0 Å². The van der Waals surface area contributed by atoms with E-state index in [1.165, 1.54) is 0 Å². The minimum atomic E-state index is -0.950. The minimum Gasteiger partial charge on any atom is -0.478 e. The van der Waals surface area contributed by atoms with Crippen LogP contribution in [0.3, 0.4) is 0 Å². The number of para-hydroxylation sites is 1. The Labute approximate surface area is 135 Å². The molecule has 0 fully saturated rings. The van der Waals surface area contributed by atoms with Gasteiger partial charge < -0.3 is 5.11 Å². The van der Waals surface area contributed by atoms with E-state index in [1.54, 1.807) is 12.1 Å². The fourth-order valence-corrected chi connectivity index (χ4v) is 2.75. The van der Waals surface area contributed by atoms with Crippen molar-refractivity contribution in [1.29, 1.82) is 0 Å². The SMILES string of the molecule is Cc1nn(Cc2cc(C(=O)O)c3ccccc3n2)c(C)c1Br. The molecule has 0 atom stereocenters. The van der Waals surface area contributed by atoms with Crippen molar-refractivity contribution >= 4 is 32.8 Å². The molecule has 0 unspecified atom stereocenters. The van der Waals surface area contributed by atoms with E-state index in [-0.39, 0.29) is 5.56 Å². The lowest BCUT2D eigenvalue weighted by Crippen LogP contribution is -2.08. The van der Waals surface area contributed by atoms with Crippen LogP contribution in [0.15, 0.2) is 34.8 Å². The molecular weight excluding hydrogens is 346 g/mol. The second-order valence-corrected chi connectivity index (χ2v) is 5.92. The molecule has 0 radical (unpaired) electrons. The molecule has 3 rings (SSSR count). The van der Waals surface area contributed by atoms with Crippen molar-refractivity contribution in [2.45, 2.75) is 20.4 Å². The Morgan fingerprint density at radius 1 is 1.32 bits per heavy atom. The Morgan fingerprint density at radius 2 is 2.05 bits per heavy atom. The van der Waals surface area contributed by atoms with Crippen molar-refractivity contribution in [1.82, 2.24) is 14.8 Å². The number of rotatable bonds is 3. The number of nitrogens with zero attached hydrogens (tertiary/aromatic N) is 3. The van der Waals surface area contributed by atoms with Gasteiger partial charge in [-0.25, -0.2) is 4.79 Å². The highest BCUT2D eigenvalue weighted by Gasteiger charge is 2.14. The molecule has 0 saturated heterocycles. The van der Waals surface area contributed by atoms with Gasteiger partial charge in [0, 0.05) is 5.39 Å². The molecule has 2 aromatic heterocycles. The van der Waals surface area contributed by atoms with Gasteiger partial charge in [0.05, 0.1) is 39.2 Å².